The van der Waals surface area contributed by atoms with E-state index in [-0.39, 0.29) is 0 Å². The van der Waals surface area contributed by atoms with E-state index in [9.17, 15) is 0 Å². The molecule has 12 heavy (non-hydrogen) atoms. The van der Waals surface area contributed by atoms with Crippen molar-refractivity contribution in [3.8, 4) is 0 Å². The summed E-state index contributed by atoms with van der Waals surface area (Å²) in [4.78, 5) is 7.89. The zero-order chi connectivity index (χ0) is 8.97. The summed E-state index contributed by atoms with van der Waals surface area (Å²) in [7, 11) is 0. The van der Waals surface area contributed by atoms with Gasteiger partial charge in [0.15, 0.2) is 0 Å². The van der Waals surface area contributed by atoms with Crippen LogP contribution < -0.4 is 5.32 Å². The first-order chi connectivity index (χ1) is 5.70. The Bertz CT molecular complexity index is 285. The van der Waals surface area contributed by atoms with E-state index in [1.807, 2.05) is 6.92 Å². The number of hydrogen-bond donors (Lipinski definition) is 1. The fraction of sp³-hybridized carbons (Fsp3) is 0.250. The Labute approximate surface area is 80.1 Å². The largest absolute Gasteiger partial charge is 0.365 e. The number of rotatable bonds is 3. The fourth-order valence-electron chi connectivity index (χ4n) is 0.677. The van der Waals surface area contributed by atoms with E-state index < -0.39 is 0 Å². The minimum absolute atomic E-state index is 0.732. The van der Waals surface area contributed by atoms with Crippen molar-refractivity contribution in [2.24, 2.45) is 0 Å². The smallest absolute Gasteiger partial charge is 0.143 e. The first-order valence-corrected chi connectivity index (χ1v) is 4.33. The van der Waals surface area contributed by atoms with Gasteiger partial charge in [0.1, 0.15) is 12.1 Å². The predicted molar refractivity (Wildman–Crippen MR) is 53.0 cm³/mol. The number of hydrogen-bond acceptors (Lipinski definition) is 3. The second kappa shape index (κ2) is 4.21. The minimum Gasteiger partial charge on any atom is -0.365 e. The van der Waals surface area contributed by atoms with E-state index in [0.29, 0.717) is 0 Å². The minimum atomic E-state index is 0.732. The van der Waals surface area contributed by atoms with E-state index >= 15 is 0 Å². The highest BCUT2D eigenvalue weighted by Gasteiger charge is 1.97. The second-order valence-electron chi connectivity index (χ2n) is 2.53. The van der Waals surface area contributed by atoms with Crippen molar-refractivity contribution in [3.05, 3.63) is 29.1 Å². The zero-order valence-corrected chi connectivity index (χ0v) is 8.43. The van der Waals surface area contributed by atoms with Crippen molar-refractivity contribution in [1.82, 2.24) is 9.97 Å². The van der Waals surface area contributed by atoms with Gasteiger partial charge in [0.2, 0.25) is 0 Å². The number of nitrogens with one attached hydrogen (secondary N) is 1. The van der Waals surface area contributed by atoms with Gasteiger partial charge in [0.05, 0.1) is 4.47 Å². The van der Waals surface area contributed by atoms with Crippen LogP contribution in [0.1, 0.15) is 6.92 Å². The zero-order valence-electron chi connectivity index (χ0n) is 6.84. The number of anilines is 1. The molecular formula is C8H10BrN3. The van der Waals surface area contributed by atoms with Gasteiger partial charge in [-0.05, 0) is 22.9 Å². The van der Waals surface area contributed by atoms with Crippen LogP contribution in [0.4, 0.5) is 5.82 Å². The average Bonchev–Trinajstić information content (AvgIpc) is 2.03. The lowest BCUT2D eigenvalue weighted by Gasteiger charge is -2.05. The van der Waals surface area contributed by atoms with Gasteiger partial charge >= 0.3 is 0 Å². The Morgan fingerprint density at radius 1 is 1.75 bits per heavy atom. The van der Waals surface area contributed by atoms with Crippen molar-refractivity contribution in [3.63, 3.8) is 0 Å². The third-order valence-corrected chi connectivity index (χ3v) is 1.81. The maximum Gasteiger partial charge on any atom is 0.143 e. The Morgan fingerprint density at radius 3 is 3.08 bits per heavy atom. The van der Waals surface area contributed by atoms with Crippen LogP contribution in [0.3, 0.4) is 0 Å². The Balaban J connectivity index is 2.63. The molecule has 0 amide bonds. The molecule has 0 atom stereocenters. The summed E-state index contributed by atoms with van der Waals surface area (Å²) in [6.45, 7) is 6.47. The summed E-state index contributed by atoms with van der Waals surface area (Å²) < 4.78 is 0.867. The third kappa shape index (κ3) is 2.62. The SMILES string of the molecule is C=C(C)CNc1ncncc1Br. The van der Waals surface area contributed by atoms with Crippen molar-refractivity contribution in [1.29, 1.82) is 0 Å². The van der Waals surface area contributed by atoms with Gasteiger partial charge in [-0.3, -0.25) is 0 Å². The van der Waals surface area contributed by atoms with Crippen LogP contribution >= 0.6 is 15.9 Å². The van der Waals surface area contributed by atoms with E-state index in [0.717, 1.165) is 22.4 Å². The van der Waals surface area contributed by atoms with Crippen LogP contribution in [0.2, 0.25) is 0 Å². The third-order valence-electron chi connectivity index (χ3n) is 1.23. The molecule has 4 heteroatoms. The molecule has 0 unspecified atom stereocenters. The monoisotopic (exact) mass is 227 g/mol. The summed E-state index contributed by atoms with van der Waals surface area (Å²) in [5.74, 6) is 0.799. The fourth-order valence-corrected chi connectivity index (χ4v) is 1.04. The first-order valence-electron chi connectivity index (χ1n) is 3.54. The van der Waals surface area contributed by atoms with Crippen LogP contribution in [0.15, 0.2) is 29.1 Å². The van der Waals surface area contributed by atoms with Gasteiger partial charge in [0, 0.05) is 12.7 Å². The Kier molecular flexibility index (Phi) is 3.22. The van der Waals surface area contributed by atoms with Gasteiger partial charge in [-0.25, -0.2) is 9.97 Å². The molecule has 0 spiro atoms. The van der Waals surface area contributed by atoms with Gasteiger partial charge in [-0.2, -0.15) is 0 Å². The van der Waals surface area contributed by atoms with Crippen LogP contribution in [0, 0.1) is 0 Å². The summed E-state index contributed by atoms with van der Waals surface area (Å²) in [5.41, 5.74) is 1.07. The highest BCUT2D eigenvalue weighted by atomic mass is 79.9. The molecule has 0 aliphatic heterocycles. The van der Waals surface area contributed by atoms with Crippen LogP contribution in [-0.2, 0) is 0 Å². The molecule has 0 aliphatic carbocycles. The molecule has 0 aromatic carbocycles. The van der Waals surface area contributed by atoms with Gasteiger partial charge in [-0.1, -0.05) is 12.2 Å². The van der Waals surface area contributed by atoms with E-state index in [1.54, 1.807) is 6.20 Å². The molecule has 0 bridgehead atoms. The van der Waals surface area contributed by atoms with Crippen molar-refractivity contribution in [2.45, 2.75) is 6.92 Å². The predicted octanol–water partition coefficient (Wildman–Crippen LogP) is 2.23. The van der Waals surface area contributed by atoms with Gasteiger partial charge in [-0.15, -0.1) is 0 Å². The molecule has 1 heterocycles. The van der Waals surface area contributed by atoms with Gasteiger partial charge < -0.3 is 5.32 Å². The molecule has 1 aromatic rings. The molecule has 0 saturated carbocycles. The molecule has 1 N–H and O–H groups in total. The lowest BCUT2D eigenvalue weighted by Crippen LogP contribution is -2.04. The highest BCUT2D eigenvalue weighted by Crippen LogP contribution is 2.16. The Morgan fingerprint density at radius 2 is 2.50 bits per heavy atom. The summed E-state index contributed by atoms with van der Waals surface area (Å²) in [6.07, 6.45) is 3.21. The lowest BCUT2D eigenvalue weighted by atomic mass is 10.3. The number of nitrogens with zero attached hydrogens (tertiary/aromatic N) is 2. The Hall–Kier alpha value is -0.900. The maximum absolute atomic E-state index is 4.04. The van der Waals surface area contributed by atoms with Crippen LogP contribution in [0.5, 0.6) is 0 Å². The van der Waals surface area contributed by atoms with Crippen molar-refractivity contribution < 1.29 is 0 Å². The van der Waals surface area contributed by atoms with E-state index in [1.165, 1.54) is 6.33 Å². The first kappa shape index (κ1) is 9.19. The number of aromatic nitrogens is 2. The topological polar surface area (TPSA) is 37.8 Å². The maximum atomic E-state index is 4.04. The standard InChI is InChI=1S/C8H10BrN3/c1-6(2)3-11-8-7(9)4-10-5-12-8/h4-5H,1,3H2,2H3,(H,10,11,12). The molecule has 0 radical (unpaired) electrons. The lowest BCUT2D eigenvalue weighted by molar-refractivity contribution is 1.10. The van der Waals surface area contributed by atoms with Crippen LogP contribution in [-0.4, -0.2) is 16.5 Å². The molecule has 64 valence electrons. The van der Waals surface area contributed by atoms with Crippen LogP contribution in [0.25, 0.3) is 0 Å². The molecular weight excluding hydrogens is 218 g/mol. The van der Waals surface area contributed by atoms with Crippen molar-refractivity contribution >= 4 is 21.7 Å². The quantitative estimate of drug-likeness (QED) is 0.806. The molecule has 0 fully saturated rings. The summed E-state index contributed by atoms with van der Waals surface area (Å²) in [5, 5.41) is 3.11. The molecule has 1 rings (SSSR count). The van der Waals surface area contributed by atoms with Gasteiger partial charge in [0.25, 0.3) is 0 Å². The molecule has 1 aromatic heterocycles. The molecule has 3 nitrogen and oxygen atoms in total. The average molecular weight is 228 g/mol. The molecule has 0 saturated heterocycles. The van der Waals surface area contributed by atoms with E-state index in [2.05, 4.69) is 37.8 Å². The summed E-state index contributed by atoms with van der Waals surface area (Å²) >= 11 is 3.33. The highest BCUT2D eigenvalue weighted by molar-refractivity contribution is 9.10. The summed E-state index contributed by atoms with van der Waals surface area (Å²) in [6, 6.07) is 0. The second-order valence-corrected chi connectivity index (χ2v) is 3.38. The normalized spacial score (nSPS) is 9.50. The van der Waals surface area contributed by atoms with Crippen molar-refractivity contribution in [2.75, 3.05) is 11.9 Å². The molecule has 0 aliphatic rings. The van der Waals surface area contributed by atoms with E-state index in [4.69, 9.17) is 0 Å². The number of halogens is 1.